The summed E-state index contributed by atoms with van der Waals surface area (Å²) in [5.74, 6) is -0.654. The Morgan fingerprint density at radius 1 is 1.03 bits per heavy atom. The van der Waals surface area contributed by atoms with Gasteiger partial charge in [0.1, 0.15) is 5.54 Å². The van der Waals surface area contributed by atoms with Crippen LogP contribution in [-0.4, -0.2) is 55.0 Å². The molecular formula is C24H29N5O3. The number of urea groups is 1. The SMILES string of the molecule is CC(C)N1CCN(c2ccc(C(=O)Nc3cccc(C4(C)NC(=O)NC4=O)c3)cc2)CC1. The molecule has 8 nitrogen and oxygen atoms in total. The summed E-state index contributed by atoms with van der Waals surface area (Å²) in [6.45, 7) is 10.1. The lowest BCUT2D eigenvalue weighted by Crippen LogP contribution is -2.48. The topological polar surface area (TPSA) is 93.8 Å². The molecule has 8 heteroatoms. The molecule has 168 valence electrons. The van der Waals surface area contributed by atoms with E-state index in [1.807, 2.05) is 24.3 Å². The quantitative estimate of drug-likeness (QED) is 0.628. The van der Waals surface area contributed by atoms with Gasteiger partial charge in [-0.05, 0) is 62.7 Å². The molecule has 2 aliphatic heterocycles. The van der Waals surface area contributed by atoms with Crippen molar-refractivity contribution in [2.24, 2.45) is 0 Å². The number of hydrogen-bond acceptors (Lipinski definition) is 5. The van der Waals surface area contributed by atoms with Gasteiger partial charge in [0.2, 0.25) is 0 Å². The van der Waals surface area contributed by atoms with Crippen LogP contribution in [0.3, 0.4) is 0 Å². The molecule has 0 saturated carbocycles. The van der Waals surface area contributed by atoms with Crippen molar-refractivity contribution in [2.45, 2.75) is 32.4 Å². The van der Waals surface area contributed by atoms with Crippen molar-refractivity contribution in [2.75, 3.05) is 36.4 Å². The molecule has 2 saturated heterocycles. The molecule has 2 heterocycles. The monoisotopic (exact) mass is 435 g/mol. The van der Waals surface area contributed by atoms with E-state index < -0.39 is 17.5 Å². The molecule has 3 N–H and O–H groups in total. The van der Waals surface area contributed by atoms with Gasteiger partial charge in [0, 0.05) is 49.2 Å². The number of amides is 4. The fourth-order valence-electron chi connectivity index (χ4n) is 4.18. The number of hydrogen-bond donors (Lipinski definition) is 3. The van der Waals surface area contributed by atoms with E-state index in [-0.39, 0.29) is 5.91 Å². The van der Waals surface area contributed by atoms with Gasteiger partial charge >= 0.3 is 6.03 Å². The van der Waals surface area contributed by atoms with Gasteiger partial charge in [-0.2, -0.15) is 0 Å². The molecule has 0 bridgehead atoms. The number of rotatable bonds is 5. The molecule has 0 spiro atoms. The van der Waals surface area contributed by atoms with E-state index >= 15 is 0 Å². The van der Waals surface area contributed by atoms with Crippen LogP contribution in [0.4, 0.5) is 16.2 Å². The van der Waals surface area contributed by atoms with Crippen LogP contribution in [0.25, 0.3) is 0 Å². The van der Waals surface area contributed by atoms with Crippen LogP contribution < -0.4 is 20.9 Å². The first-order valence-corrected chi connectivity index (χ1v) is 10.9. The highest BCUT2D eigenvalue weighted by Crippen LogP contribution is 2.27. The van der Waals surface area contributed by atoms with Crippen LogP contribution in [0, 0.1) is 0 Å². The number of benzene rings is 2. The number of nitrogens with one attached hydrogen (secondary N) is 3. The number of nitrogens with zero attached hydrogens (tertiary/aromatic N) is 2. The summed E-state index contributed by atoms with van der Waals surface area (Å²) in [6, 6.07) is 14.6. The number of carbonyl (C=O) groups excluding carboxylic acids is 3. The molecular weight excluding hydrogens is 406 g/mol. The molecule has 4 rings (SSSR count). The molecule has 0 aromatic heterocycles. The number of piperazine rings is 1. The Kier molecular flexibility index (Phi) is 5.88. The summed E-state index contributed by atoms with van der Waals surface area (Å²) in [5, 5.41) is 7.76. The molecule has 0 radical (unpaired) electrons. The zero-order valence-electron chi connectivity index (χ0n) is 18.6. The maximum Gasteiger partial charge on any atom is 0.322 e. The first-order valence-electron chi connectivity index (χ1n) is 10.9. The van der Waals surface area contributed by atoms with Crippen molar-refractivity contribution in [3.8, 4) is 0 Å². The third-order valence-electron chi connectivity index (χ3n) is 6.28. The Balaban J connectivity index is 1.42. The lowest BCUT2D eigenvalue weighted by molar-refractivity contribution is -0.123. The number of carbonyl (C=O) groups is 3. The van der Waals surface area contributed by atoms with E-state index in [9.17, 15) is 14.4 Å². The predicted molar refractivity (Wildman–Crippen MR) is 124 cm³/mol. The summed E-state index contributed by atoms with van der Waals surface area (Å²) in [4.78, 5) is 41.3. The molecule has 1 unspecified atom stereocenters. The second-order valence-electron chi connectivity index (χ2n) is 8.73. The van der Waals surface area contributed by atoms with Crippen molar-refractivity contribution < 1.29 is 14.4 Å². The average molecular weight is 436 g/mol. The highest BCUT2D eigenvalue weighted by molar-refractivity contribution is 6.07. The molecule has 2 fully saturated rings. The molecule has 32 heavy (non-hydrogen) atoms. The van der Waals surface area contributed by atoms with Crippen molar-refractivity contribution in [3.05, 3.63) is 59.7 Å². The normalized spacial score (nSPS) is 21.4. The smallest absolute Gasteiger partial charge is 0.322 e. The first-order chi connectivity index (χ1) is 15.3. The van der Waals surface area contributed by atoms with Crippen LogP contribution in [0.5, 0.6) is 0 Å². The molecule has 2 aromatic rings. The molecule has 2 aromatic carbocycles. The second-order valence-corrected chi connectivity index (χ2v) is 8.73. The Morgan fingerprint density at radius 3 is 2.31 bits per heavy atom. The largest absolute Gasteiger partial charge is 0.369 e. The number of imide groups is 1. The summed E-state index contributed by atoms with van der Waals surface area (Å²) >= 11 is 0. The van der Waals surface area contributed by atoms with E-state index in [4.69, 9.17) is 0 Å². The fourth-order valence-corrected chi connectivity index (χ4v) is 4.18. The maximum atomic E-state index is 12.8. The summed E-state index contributed by atoms with van der Waals surface area (Å²) < 4.78 is 0. The van der Waals surface area contributed by atoms with Gasteiger partial charge in [0.05, 0.1) is 0 Å². The van der Waals surface area contributed by atoms with Gasteiger partial charge in [-0.3, -0.25) is 19.8 Å². The predicted octanol–water partition coefficient (Wildman–Crippen LogP) is 2.52. The highest BCUT2D eigenvalue weighted by Gasteiger charge is 2.43. The second kappa shape index (κ2) is 8.63. The van der Waals surface area contributed by atoms with E-state index in [2.05, 4.69) is 39.6 Å². The van der Waals surface area contributed by atoms with Crippen molar-refractivity contribution in [1.29, 1.82) is 0 Å². The van der Waals surface area contributed by atoms with E-state index in [0.717, 1.165) is 31.9 Å². The minimum Gasteiger partial charge on any atom is -0.369 e. The van der Waals surface area contributed by atoms with E-state index in [1.165, 1.54) is 0 Å². The fraction of sp³-hybridized carbons (Fsp3) is 0.375. The summed E-state index contributed by atoms with van der Waals surface area (Å²) in [5.41, 5.74) is 1.64. The molecule has 1 atom stereocenters. The lowest BCUT2D eigenvalue weighted by Gasteiger charge is -2.38. The van der Waals surface area contributed by atoms with Crippen LogP contribution in [0.15, 0.2) is 48.5 Å². The Hall–Kier alpha value is -3.39. The minimum atomic E-state index is -1.17. The van der Waals surface area contributed by atoms with Crippen LogP contribution in [0.1, 0.15) is 36.7 Å². The summed E-state index contributed by atoms with van der Waals surface area (Å²) in [6.07, 6.45) is 0. The molecule has 4 amide bonds. The van der Waals surface area contributed by atoms with E-state index in [1.54, 1.807) is 31.2 Å². The first kappa shape index (κ1) is 21.8. The van der Waals surface area contributed by atoms with Crippen molar-refractivity contribution in [1.82, 2.24) is 15.5 Å². The van der Waals surface area contributed by atoms with Crippen LogP contribution in [0.2, 0.25) is 0 Å². The summed E-state index contributed by atoms with van der Waals surface area (Å²) in [7, 11) is 0. The average Bonchev–Trinajstić information content (AvgIpc) is 3.06. The van der Waals surface area contributed by atoms with Gasteiger partial charge < -0.3 is 15.5 Å². The van der Waals surface area contributed by atoms with Gasteiger partial charge in [-0.25, -0.2) is 4.79 Å². The van der Waals surface area contributed by atoms with Crippen LogP contribution >= 0.6 is 0 Å². The molecule has 0 aliphatic carbocycles. The Bertz CT molecular complexity index is 1030. The standard InChI is InChI=1S/C24H29N5O3/c1-16(2)28-11-13-29(14-12-28)20-9-7-17(8-10-20)21(30)25-19-6-4-5-18(15-19)24(3)22(31)26-23(32)27-24/h4-10,15-16H,11-14H2,1-3H3,(H,25,30)(H2,26,27,31,32). The maximum absolute atomic E-state index is 12.8. The number of anilines is 2. The third-order valence-corrected chi connectivity index (χ3v) is 6.28. The Morgan fingerprint density at radius 2 is 1.72 bits per heavy atom. The van der Waals surface area contributed by atoms with Crippen LogP contribution in [-0.2, 0) is 10.3 Å². The highest BCUT2D eigenvalue weighted by atomic mass is 16.2. The van der Waals surface area contributed by atoms with Crippen molar-refractivity contribution >= 4 is 29.2 Å². The zero-order valence-corrected chi connectivity index (χ0v) is 18.6. The zero-order chi connectivity index (χ0) is 22.9. The Labute approximate surface area is 188 Å². The van der Waals surface area contributed by atoms with Gasteiger partial charge in [-0.1, -0.05) is 12.1 Å². The van der Waals surface area contributed by atoms with Gasteiger partial charge in [0.15, 0.2) is 0 Å². The third kappa shape index (κ3) is 4.31. The lowest BCUT2D eigenvalue weighted by atomic mass is 9.92. The minimum absolute atomic E-state index is 0.233. The van der Waals surface area contributed by atoms with E-state index in [0.29, 0.717) is 22.9 Å². The molecule has 2 aliphatic rings. The van der Waals surface area contributed by atoms with Gasteiger partial charge in [0.25, 0.3) is 11.8 Å². The van der Waals surface area contributed by atoms with Gasteiger partial charge in [-0.15, -0.1) is 0 Å². The van der Waals surface area contributed by atoms with Crippen molar-refractivity contribution in [3.63, 3.8) is 0 Å².